The Morgan fingerprint density at radius 1 is 0.696 bits per heavy atom. The highest BCUT2D eigenvalue weighted by atomic mass is 16.3. The average Bonchev–Trinajstić information content (AvgIpc) is 2.61. The summed E-state index contributed by atoms with van der Waals surface area (Å²) in [6.07, 6.45) is 6.12. The van der Waals surface area contributed by atoms with Crippen LogP contribution in [0.15, 0.2) is 97.1 Å². The van der Waals surface area contributed by atoms with Gasteiger partial charge in [-0.3, -0.25) is 0 Å². The van der Waals surface area contributed by atoms with Gasteiger partial charge in [-0.1, -0.05) is 97.1 Å². The third-order valence-corrected chi connectivity index (χ3v) is 3.63. The van der Waals surface area contributed by atoms with Crippen LogP contribution in [0.2, 0.25) is 0 Å². The second-order valence-corrected chi connectivity index (χ2v) is 5.23. The van der Waals surface area contributed by atoms with E-state index < -0.39 is 0 Å². The van der Waals surface area contributed by atoms with Gasteiger partial charge in [0.25, 0.3) is 0 Å². The summed E-state index contributed by atoms with van der Waals surface area (Å²) in [5.74, 6) is 0.288. The Hall–Kier alpha value is -3.06. The first-order valence-electron chi connectivity index (χ1n) is 7.62. The zero-order chi connectivity index (χ0) is 15.9. The molecule has 3 aromatic rings. The molecule has 1 nitrogen and oxygen atoms in total. The third-order valence-electron chi connectivity index (χ3n) is 3.63. The van der Waals surface area contributed by atoms with Crippen LogP contribution >= 0.6 is 0 Å². The van der Waals surface area contributed by atoms with Crippen LogP contribution in [0.1, 0.15) is 16.7 Å². The van der Waals surface area contributed by atoms with Gasteiger partial charge in [-0.25, -0.2) is 0 Å². The van der Waals surface area contributed by atoms with Gasteiger partial charge in [0.1, 0.15) is 5.75 Å². The van der Waals surface area contributed by atoms with E-state index in [4.69, 9.17) is 0 Å². The number of hydrogen-bond acceptors (Lipinski definition) is 1. The summed E-state index contributed by atoms with van der Waals surface area (Å²) in [5, 5.41) is 10.2. The third kappa shape index (κ3) is 3.78. The van der Waals surface area contributed by atoms with Crippen molar-refractivity contribution < 1.29 is 5.11 Å². The summed E-state index contributed by atoms with van der Waals surface area (Å²) in [5.41, 5.74) is 4.05. The zero-order valence-corrected chi connectivity index (χ0v) is 12.8. The summed E-state index contributed by atoms with van der Waals surface area (Å²) < 4.78 is 0. The molecule has 0 unspecified atom stereocenters. The quantitative estimate of drug-likeness (QED) is 0.627. The fourth-order valence-electron chi connectivity index (χ4n) is 2.48. The predicted molar refractivity (Wildman–Crippen MR) is 97.1 cm³/mol. The van der Waals surface area contributed by atoms with Crippen LogP contribution in [0.4, 0.5) is 0 Å². The predicted octanol–water partition coefficient (Wildman–Crippen LogP) is 5.54. The second-order valence-electron chi connectivity index (χ2n) is 5.23. The van der Waals surface area contributed by atoms with E-state index >= 15 is 0 Å². The topological polar surface area (TPSA) is 20.2 Å². The molecule has 3 aromatic carbocycles. The van der Waals surface area contributed by atoms with Crippen molar-refractivity contribution in [3.05, 3.63) is 114 Å². The zero-order valence-electron chi connectivity index (χ0n) is 12.8. The molecule has 0 amide bonds. The Balaban J connectivity index is 2.01. The smallest absolute Gasteiger partial charge is 0.123 e. The van der Waals surface area contributed by atoms with Gasteiger partial charge in [-0.2, -0.15) is 0 Å². The molecule has 0 bridgehead atoms. The SMILES string of the molecule is Oc1ccccc1C(=CC=Cc1ccccc1)c1ccccc1. The Kier molecular flexibility index (Phi) is 4.70. The summed E-state index contributed by atoms with van der Waals surface area (Å²) in [6.45, 7) is 0. The Bertz CT molecular complexity index is 815. The molecule has 0 aromatic heterocycles. The van der Waals surface area contributed by atoms with Crippen LogP contribution in [0, 0.1) is 0 Å². The van der Waals surface area contributed by atoms with Crippen molar-refractivity contribution in [3.63, 3.8) is 0 Å². The molecular formula is C22H18O. The van der Waals surface area contributed by atoms with Crippen LogP contribution in [-0.2, 0) is 0 Å². The van der Waals surface area contributed by atoms with E-state index in [0.29, 0.717) is 0 Å². The summed E-state index contributed by atoms with van der Waals surface area (Å²) >= 11 is 0. The lowest BCUT2D eigenvalue weighted by Crippen LogP contribution is -1.88. The van der Waals surface area contributed by atoms with Gasteiger partial charge in [-0.05, 0) is 22.8 Å². The van der Waals surface area contributed by atoms with Crippen LogP contribution in [0.3, 0.4) is 0 Å². The van der Waals surface area contributed by atoms with Crippen LogP contribution < -0.4 is 0 Å². The molecule has 0 radical (unpaired) electrons. The van der Waals surface area contributed by atoms with Crippen molar-refractivity contribution >= 4 is 11.6 Å². The number of benzene rings is 3. The highest BCUT2D eigenvalue weighted by Gasteiger charge is 2.07. The molecule has 0 aliphatic heterocycles. The summed E-state index contributed by atoms with van der Waals surface area (Å²) in [4.78, 5) is 0. The van der Waals surface area contributed by atoms with Crippen molar-refractivity contribution in [3.8, 4) is 5.75 Å². The largest absolute Gasteiger partial charge is 0.507 e. The minimum atomic E-state index is 0.288. The molecule has 0 atom stereocenters. The van der Waals surface area contributed by atoms with E-state index in [1.807, 2.05) is 66.7 Å². The monoisotopic (exact) mass is 298 g/mol. The van der Waals surface area contributed by atoms with Gasteiger partial charge >= 0.3 is 0 Å². The van der Waals surface area contributed by atoms with Crippen LogP contribution in [-0.4, -0.2) is 5.11 Å². The van der Waals surface area contributed by atoms with Crippen molar-refractivity contribution in [2.75, 3.05) is 0 Å². The number of aromatic hydroxyl groups is 1. The normalized spacial score (nSPS) is 11.7. The molecule has 0 saturated heterocycles. The molecule has 0 heterocycles. The lowest BCUT2D eigenvalue weighted by molar-refractivity contribution is 0.473. The molecule has 0 saturated carbocycles. The van der Waals surface area contributed by atoms with Crippen molar-refractivity contribution in [2.45, 2.75) is 0 Å². The van der Waals surface area contributed by atoms with Gasteiger partial charge in [0.15, 0.2) is 0 Å². The van der Waals surface area contributed by atoms with E-state index in [0.717, 1.165) is 22.3 Å². The van der Waals surface area contributed by atoms with Gasteiger partial charge in [0, 0.05) is 5.56 Å². The van der Waals surface area contributed by atoms with Gasteiger partial charge in [-0.15, -0.1) is 0 Å². The Labute approximate surface area is 136 Å². The molecule has 0 aliphatic rings. The molecule has 0 aliphatic carbocycles. The molecule has 3 rings (SSSR count). The van der Waals surface area contributed by atoms with E-state index in [2.05, 4.69) is 30.3 Å². The maximum atomic E-state index is 10.2. The molecule has 1 N–H and O–H groups in total. The molecular weight excluding hydrogens is 280 g/mol. The number of para-hydroxylation sites is 1. The van der Waals surface area contributed by atoms with Crippen molar-refractivity contribution in [1.82, 2.24) is 0 Å². The first-order chi connectivity index (χ1) is 11.3. The molecule has 112 valence electrons. The standard InChI is InChI=1S/C22H18O/c23-22-17-8-7-15-21(22)20(19-13-5-2-6-14-19)16-9-12-18-10-3-1-4-11-18/h1-17,23H. The molecule has 23 heavy (non-hydrogen) atoms. The highest BCUT2D eigenvalue weighted by Crippen LogP contribution is 2.30. The fourth-order valence-corrected chi connectivity index (χ4v) is 2.48. The first kappa shape index (κ1) is 14.9. The first-order valence-corrected chi connectivity index (χ1v) is 7.62. The maximum Gasteiger partial charge on any atom is 0.123 e. The van der Waals surface area contributed by atoms with Gasteiger partial charge < -0.3 is 5.11 Å². The van der Waals surface area contributed by atoms with Crippen LogP contribution in [0.5, 0.6) is 5.75 Å². The number of phenols is 1. The lowest BCUT2D eigenvalue weighted by Gasteiger charge is -2.09. The fraction of sp³-hybridized carbons (Fsp3) is 0. The summed E-state index contributed by atoms with van der Waals surface area (Å²) in [7, 11) is 0. The molecule has 1 heteroatoms. The molecule has 0 fully saturated rings. The van der Waals surface area contributed by atoms with E-state index in [-0.39, 0.29) is 5.75 Å². The summed E-state index contributed by atoms with van der Waals surface area (Å²) in [6, 6.07) is 27.7. The lowest BCUT2D eigenvalue weighted by atomic mass is 9.96. The van der Waals surface area contributed by atoms with Gasteiger partial charge in [0.05, 0.1) is 0 Å². The minimum absolute atomic E-state index is 0.288. The number of phenolic OH excluding ortho intramolecular Hbond substituents is 1. The van der Waals surface area contributed by atoms with Gasteiger partial charge in [0.2, 0.25) is 0 Å². The maximum absolute atomic E-state index is 10.2. The highest BCUT2D eigenvalue weighted by molar-refractivity contribution is 5.84. The number of hydrogen-bond donors (Lipinski definition) is 1. The van der Waals surface area contributed by atoms with Crippen molar-refractivity contribution in [1.29, 1.82) is 0 Å². The Morgan fingerprint density at radius 2 is 1.30 bits per heavy atom. The minimum Gasteiger partial charge on any atom is -0.507 e. The van der Waals surface area contributed by atoms with Crippen molar-refractivity contribution in [2.24, 2.45) is 0 Å². The Morgan fingerprint density at radius 3 is 2.00 bits per heavy atom. The second kappa shape index (κ2) is 7.28. The van der Waals surface area contributed by atoms with E-state index in [1.165, 1.54) is 0 Å². The number of allylic oxidation sites excluding steroid dienone is 2. The van der Waals surface area contributed by atoms with E-state index in [1.54, 1.807) is 6.07 Å². The average molecular weight is 298 g/mol. The van der Waals surface area contributed by atoms with E-state index in [9.17, 15) is 5.11 Å². The van der Waals surface area contributed by atoms with Crippen LogP contribution in [0.25, 0.3) is 11.6 Å². The molecule has 0 spiro atoms. The number of rotatable bonds is 4.